The molecule has 10 heteroatoms. The van der Waals surface area contributed by atoms with E-state index in [1.807, 2.05) is 0 Å². The van der Waals surface area contributed by atoms with Crippen LogP contribution in [0.3, 0.4) is 0 Å². The van der Waals surface area contributed by atoms with E-state index in [0.717, 1.165) is 5.56 Å². The zero-order valence-corrected chi connectivity index (χ0v) is 19.3. The molecule has 8 nitrogen and oxygen atoms in total. The summed E-state index contributed by atoms with van der Waals surface area (Å²) in [6, 6.07) is 12.1. The lowest BCUT2D eigenvalue weighted by atomic mass is 9.83. The Bertz CT molecular complexity index is 1340. The highest BCUT2D eigenvalue weighted by molar-refractivity contribution is 5.98. The number of halogens is 2. The number of hydrogen-bond donors (Lipinski definition) is 2. The van der Waals surface area contributed by atoms with Crippen LogP contribution >= 0.6 is 0 Å². The molecular weight excluding hydrogens is 462 g/mol. The molecule has 1 aliphatic heterocycles. The van der Waals surface area contributed by atoms with Crippen molar-refractivity contribution < 1.29 is 37.7 Å². The summed E-state index contributed by atoms with van der Waals surface area (Å²) in [5, 5.41) is 12.2. The number of methoxy groups -OCH3 is 1. The number of ether oxygens (including phenoxy) is 3. The van der Waals surface area contributed by atoms with Gasteiger partial charge >= 0.3 is 12.3 Å². The lowest BCUT2D eigenvalue weighted by Gasteiger charge is -2.24. The Morgan fingerprint density at radius 3 is 2.46 bits per heavy atom. The number of pyridine rings is 1. The molecule has 1 aliphatic rings. The number of carboxylic acid groups (broad SMARTS) is 1. The van der Waals surface area contributed by atoms with Gasteiger partial charge in [0.25, 0.3) is 0 Å². The molecule has 0 spiro atoms. The Labute approximate surface area is 199 Å². The average molecular weight is 484 g/mol. The van der Waals surface area contributed by atoms with Crippen LogP contribution in [0.25, 0.3) is 11.3 Å². The number of fused-ring (bicyclic) bond motifs is 1. The molecule has 0 bridgehead atoms. The fraction of sp³-hybridized carbons (Fsp3) is 0.240. The molecule has 0 fully saturated rings. The number of aryl methyl sites for hydroxylation is 1. The van der Waals surface area contributed by atoms with E-state index in [4.69, 9.17) is 4.74 Å². The number of alkyl halides is 2. The summed E-state index contributed by atoms with van der Waals surface area (Å²) in [6.45, 7) is 5.07. The number of rotatable bonds is 6. The Kier molecular flexibility index (Phi) is 5.84. The highest BCUT2D eigenvalue weighted by Gasteiger charge is 2.44. The van der Waals surface area contributed by atoms with Crippen molar-refractivity contribution in [2.24, 2.45) is 0 Å². The smallest absolute Gasteiger partial charge is 0.497 e. The van der Waals surface area contributed by atoms with Crippen molar-refractivity contribution in [3.05, 3.63) is 65.2 Å². The van der Waals surface area contributed by atoms with Gasteiger partial charge < -0.3 is 24.6 Å². The molecule has 1 aromatic heterocycles. The van der Waals surface area contributed by atoms with E-state index in [-0.39, 0.29) is 22.9 Å². The first-order chi connectivity index (χ1) is 16.4. The maximum Gasteiger partial charge on any atom is 0.586 e. The molecule has 4 rings (SSSR count). The minimum Gasteiger partial charge on any atom is -0.497 e. The number of anilines is 1. The van der Waals surface area contributed by atoms with E-state index < -0.39 is 23.6 Å². The van der Waals surface area contributed by atoms with E-state index in [0.29, 0.717) is 22.6 Å². The van der Waals surface area contributed by atoms with E-state index in [1.54, 1.807) is 39.0 Å². The van der Waals surface area contributed by atoms with Gasteiger partial charge in [0.2, 0.25) is 5.91 Å². The second-order valence-corrected chi connectivity index (χ2v) is 8.53. The largest absolute Gasteiger partial charge is 0.586 e. The van der Waals surface area contributed by atoms with Gasteiger partial charge in [-0.2, -0.15) is 0 Å². The average Bonchev–Trinajstić information content (AvgIpc) is 3.12. The first kappa shape index (κ1) is 23.9. The number of hydrogen-bond acceptors (Lipinski definition) is 6. The van der Waals surface area contributed by atoms with Gasteiger partial charge in [0.15, 0.2) is 11.5 Å². The summed E-state index contributed by atoms with van der Waals surface area (Å²) in [4.78, 5) is 29.2. The molecule has 0 aliphatic carbocycles. The highest BCUT2D eigenvalue weighted by atomic mass is 19.3. The molecule has 0 unspecified atom stereocenters. The molecular formula is C25H22F2N2O6. The molecule has 2 N–H and O–H groups in total. The molecule has 0 saturated heterocycles. The predicted molar refractivity (Wildman–Crippen MR) is 122 cm³/mol. The van der Waals surface area contributed by atoms with Crippen LogP contribution in [0.1, 0.15) is 35.3 Å². The van der Waals surface area contributed by atoms with E-state index in [2.05, 4.69) is 19.8 Å². The first-order valence-electron chi connectivity index (χ1n) is 10.5. The topological polar surface area (TPSA) is 107 Å². The van der Waals surface area contributed by atoms with E-state index in [1.165, 1.54) is 37.4 Å². The summed E-state index contributed by atoms with van der Waals surface area (Å²) < 4.78 is 40.9. The van der Waals surface area contributed by atoms with Gasteiger partial charge in [-0.3, -0.25) is 4.79 Å². The van der Waals surface area contributed by atoms with Gasteiger partial charge in [0.05, 0.1) is 23.8 Å². The lowest BCUT2D eigenvalue weighted by Crippen LogP contribution is -2.35. The number of amides is 1. The van der Waals surface area contributed by atoms with Crippen LogP contribution in [0.2, 0.25) is 0 Å². The van der Waals surface area contributed by atoms with E-state index in [9.17, 15) is 23.5 Å². The summed E-state index contributed by atoms with van der Waals surface area (Å²) in [5.41, 5.74) is 1.04. The van der Waals surface area contributed by atoms with Gasteiger partial charge in [0.1, 0.15) is 11.6 Å². The molecule has 2 aromatic carbocycles. The van der Waals surface area contributed by atoms with Crippen molar-refractivity contribution in [2.75, 3.05) is 12.4 Å². The van der Waals surface area contributed by atoms with Crippen molar-refractivity contribution >= 4 is 17.7 Å². The number of benzene rings is 2. The van der Waals surface area contributed by atoms with Crippen molar-refractivity contribution in [3.63, 3.8) is 0 Å². The van der Waals surface area contributed by atoms with Gasteiger partial charge in [-0.25, -0.2) is 9.78 Å². The Morgan fingerprint density at radius 2 is 1.77 bits per heavy atom. The summed E-state index contributed by atoms with van der Waals surface area (Å²) in [6.07, 6.45) is -3.75. The van der Waals surface area contributed by atoms with Crippen LogP contribution in [0.4, 0.5) is 14.6 Å². The lowest BCUT2D eigenvalue weighted by molar-refractivity contribution is -0.286. The maximum absolute atomic E-state index is 13.4. The Morgan fingerprint density at radius 1 is 1.06 bits per heavy atom. The zero-order chi connectivity index (χ0) is 25.5. The van der Waals surface area contributed by atoms with Gasteiger partial charge in [0, 0.05) is 5.56 Å². The zero-order valence-electron chi connectivity index (χ0n) is 19.3. The second kappa shape index (κ2) is 8.53. The number of carbonyl (C=O) groups excluding carboxylic acids is 1. The molecule has 3 aromatic rings. The number of nitrogens with one attached hydrogen (secondary N) is 1. The number of carboxylic acids is 1. The molecule has 1 amide bonds. The number of carbonyl (C=O) groups is 2. The molecule has 0 radical (unpaired) electrons. The van der Waals surface area contributed by atoms with E-state index >= 15 is 0 Å². The SMILES string of the molecule is COc1cc(C(=O)O)cc(-c2nc(NC(=O)C(C)(C)c3ccc4c(c3)OC(F)(F)O4)ccc2C)c1. The van der Waals surface area contributed by atoms with Crippen molar-refractivity contribution in [2.45, 2.75) is 32.5 Å². The molecule has 182 valence electrons. The quantitative estimate of drug-likeness (QED) is 0.507. The van der Waals surface area contributed by atoms with Crippen LogP contribution in [0, 0.1) is 6.92 Å². The Balaban J connectivity index is 1.62. The van der Waals surface area contributed by atoms with Gasteiger partial charge in [-0.05, 0) is 68.3 Å². The fourth-order valence-corrected chi connectivity index (χ4v) is 3.61. The summed E-state index contributed by atoms with van der Waals surface area (Å²) in [7, 11) is 1.43. The highest BCUT2D eigenvalue weighted by Crippen LogP contribution is 2.43. The second-order valence-electron chi connectivity index (χ2n) is 8.53. The van der Waals surface area contributed by atoms with Crippen LogP contribution in [-0.2, 0) is 10.2 Å². The third-order valence-electron chi connectivity index (χ3n) is 5.69. The standard InChI is InChI=1S/C25H22F2N2O6/c1-13-5-8-20(28-21(13)14-9-15(22(30)31)11-17(10-14)33-4)29-23(32)24(2,3)16-6-7-18-19(12-16)35-25(26,27)34-18/h5-12H,1-4H3,(H,30,31)(H,28,29,32). The fourth-order valence-electron chi connectivity index (χ4n) is 3.61. The van der Waals surface area contributed by atoms with Crippen LogP contribution in [0.5, 0.6) is 17.2 Å². The summed E-state index contributed by atoms with van der Waals surface area (Å²) in [5.74, 6) is -1.24. The minimum atomic E-state index is -3.75. The van der Waals surface area contributed by atoms with Gasteiger partial charge in [-0.1, -0.05) is 12.1 Å². The molecule has 35 heavy (non-hydrogen) atoms. The minimum absolute atomic E-state index is 0.0320. The normalized spacial score (nSPS) is 13.9. The third-order valence-corrected chi connectivity index (χ3v) is 5.69. The summed E-state index contributed by atoms with van der Waals surface area (Å²) >= 11 is 0. The van der Waals surface area contributed by atoms with Gasteiger partial charge in [-0.15, -0.1) is 8.78 Å². The van der Waals surface area contributed by atoms with Crippen molar-refractivity contribution in [1.29, 1.82) is 0 Å². The monoisotopic (exact) mass is 484 g/mol. The maximum atomic E-state index is 13.4. The van der Waals surface area contributed by atoms with Crippen LogP contribution in [0.15, 0.2) is 48.5 Å². The van der Waals surface area contributed by atoms with Crippen molar-refractivity contribution in [1.82, 2.24) is 4.98 Å². The third kappa shape index (κ3) is 4.72. The van der Waals surface area contributed by atoms with Crippen LogP contribution < -0.4 is 19.5 Å². The molecule has 2 heterocycles. The number of aromatic nitrogens is 1. The van der Waals surface area contributed by atoms with Crippen molar-refractivity contribution in [3.8, 4) is 28.5 Å². The molecule has 0 atom stereocenters. The predicted octanol–water partition coefficient (Wildman–Crippen LogP) is 5.00. The Hall–Kier alpha value is -4.21. The number of nitrogens with zero attached hydrogens (tertiary/aromatic N) is 1. The first-order valence-corrected chi connectivity index (χ1v) is 10.5. The van der Waals surface area contributed by atoms with Crippen LogP contribution in [-0.4, -0.2) is 35.4 Å². The molecule has 0 saturated carbocycles. The number of aromatic carboxylic acids is 1.